The Morgan fingerprint density at radius 2 is 2.17 bits per heavy atom. The molecular weight excluding hydrogens is 434 g/mol. The molecule has 2 aliphatic rings. The second-order valence-electron chi connectivity index (χ2n) is 7.33. The molecular formula is C23H22ClN3OS2. The lowest BCUT2D eigenvalue weighted by atomic mass is 9.78. The van der Waals surface area contributed by atoms with E-state index in [1.54, 1.807) is 23.1 Å². The maximum Gasteiger partial charge on any atom is 0.161 e. The fraction of sp³-hybridized carbons (Fsp3) is 0.304. The lowest BCUT2D eigenvalue weighted by molar-refractivity contribution is -0.116. The second kappa shape index (κ2) is 8.50. The van der Waals surface area contributed by atoms with Gasteiger partial charge in [-0.25, -0.2) is 0 Å². The van der Waals surface area contributed by atoms with Gasteiger partial charge in [-0.1, -0.05) is 24.6 Å². The van der Waals surface area contributed by atoms with E-state index < -0.39 is 5.92 Å². The Morgan fingerprint density at radius 1 is 1.37 bits per heavy atom. The van der Waals surface area contributed by atoms with Gasteiger partial charge in [0, 0.05) is 38.2 Å². The quantitative estimate of drug-likeness (QED) is 0.561. The first-order chi connectivity index (χ1) is 14.5. The summed E-state index contributed by atoms with van der Waals surface area (Å²) in [5.74, 6) is 1.01. The monoisotopic (exact) mass is 455 g/mol. The van der Waals surface area contributed by atoms with Gasteiger partial charge < -0.3 is 5.73 Å². The molecule has 154 valence electrons. The molecule has 1 atom stereocenters. The predicted molar refractivity (Wildman–Crippen MR) is 125 cm³/mol. The number of aryl methyl sites for hydroxylation is 1. The van der Waals surface area contributed by atoms with E-state index in [4.69, 9.17) is 17.3 Å². The van der Waals surface area contributed by atoms with Gasteiger partial charge in [-0.05, 0) is 54.7 Å². The Balaban J connectivity index is 1.96. The number of halogens is 1. The highest BCUT2D eigenvalue weighted by molar-refractivity contribution is 7.99. The van der Waals surface area contributed by atoms with Gasteiger partial charge in [0.05, 0.1) is 17.6 Å². The van der Waals surface area contributed by atoms with Gasteiger partial charge >= 0.3 is 0 Å². The first-order valence-corrected chi connectivity index (χ1v) is 12.1. The molecule has 1 aliphatic carbocycles. The molecule has 4 nitrogen and oxygen atoms in total. The van der Waals surface area contributed by atoms with E-state index in [2.05, 4.69) is 19.1 Å². The standard InChI is InChI=1S/C23H22ClN3OS2/c1-3-29-19-9-10-30-22(19)20-15(12-25)23(26)27(14-8-7-13(2)16(24)11-14)17-5-4-6-18(28)21(17)20/h7-11,20H,3-6,26H2,1-2H3/t20-/m1/s1. The van der Waals surface area contributed by atoms with Crippen LogP contribution in [0.4, 0.5) is 5.69 Å². The normalized spacial score (nSPS) is 19.2. The molecule has 0 saturated heterocycles. The molecule has 0 unspecified atom stereocenters. The topological polar surface area (TPSA) is 70.1 Å². The molecule has 1 aliphatic heterocycles. The summed E-state index contributed by atoms with van der Waals surface area (Å²) in [6.07, 6.45) is 2.01. The lowest BCUT2D eigenvalue weighted by Crippen LogP contribution is -2.38. The number of Topliss-reactive ketones (excluding diaryl/α,β-unsaturated/α-hetero) is 1. The smallest absolute Gasteiger partial charge is 0.161 e. The van der Waals surface area contributed by atoms with Crippen LogP contribution in [0.15, 0.2) is 57.2 Å². The number of benzene rings is 1. The minimum absolute atomic E-state index is 0.102. The molecule has 2 N–H and O–H groups in total. The van der Waals surface area contributed by atoms with Gasteiger partial charge in [0.1, 0.15) is 5.82 Å². The molecule has 2 aromatic rings. The average Bonchev–Trinajstić information content (AvgIpc) is 3.18. The number of carbonyl (C=O) groups is 1. The first kappa shape index (κ1) is 21.0. The Bertz CT molecular complexity index is 1130. The molecule has 0 spiro atoms. The van der Waals surface area contributed by atoms with Gasteiger partial charge in [-0.3, -0.25) is 9.69 Å². The van der Waals surface area contributed by atoms with Crippen LogP contribution in [-0.2, 0) is 4.79 Å². The summed E-state index contributed by atoms with van der Waals surface area (Å²) in [4.78, 5) is 17.2. The van der Waals surface area contributed by atoms with Crippen LogP contribution in [0.5, 0.6) is 0 Å². The molecule has 7 heteroatoms. The summed E-state index contributed by atoms with van der Waals surface area (Å²) in [6.45, 7) is 4.04. The van der Waals surface area contributed by atoms with Gasteiger partial charge in [0.25, 0.3) is 0 Å². The van der Waals surface area contributed by atoms with Crippen LogP contribution in [0.25, 0.3) is 0 Å². The summed E-state index contributed by atoms with van der Waals surface area (Å²) in [5, 5.41) is 12.8. The Kier molecular flexibility index (Phi) is 5.97. The van der Waals surface area contributed by atoms with Crippen LogP contribution < -0.4 is 10.6 Å². The molecule has 0 radical (unpaired) electrons. The summed E-state index contributed by atoms with van der Waals surface area (Å²) in [7, 11) is 0. The third-order valence-corrected chi connectivity index (χ3v) is 8.02. The van der Waals surface area contributed by atoms with Crippen LogP contribution in [0.1, 0.15) is 42.5 Å². The Morgan fingerprint density at radius 3 is 2.87 bits per heavy atom. The fourth-order valence-corrected chi connectivity index (χ4v) is 6.38. The SMILES string of the molecule is CCSc1ccsc1[C@@H]1C(C#N)=C(N)N(c2ccc(C)c(Cl)c2)C2=C1C(=O)CCC2. The number of hydrogen-bond acceptors (Lipinski definition) is 6. The van der Waals surface area contributed by atoms with Crippen LogP contribution in [0, 0.1) is 18.3 Å². The van der Waals surface area contributed by atoms with Gasteiger partial charge in [-0.15, -0.1) is 23.1 Å². The van der Waals surface area contributed by atoms with E-state index in [0.717, 1.165) is 45.3 Å². The minimum Gasteiger partial charge on any atom is -0.384 e. The highest BCUT2D eigenvalue weighted by Gasteiger charge is 2.41. The summed E-state index contributed by atoms with van der Waals surface area (Å²) >= 11 is 9.71. The largest absolute Gasteiger partial charge is 0.384 e. The molecule has 1 aromatic carbocycles. The van der Waals surface area contributed by atoms with Gasteiger partial charge in [0.15, 0.2) is 5.78 Å². The highest BCUT2D eigenvalue weighted by Crippen LogP contribution is 2.49. The number of nitrogens with two attached hydrogens (primary N) is 1. The maximum atomic E-state index is 13.2. The molecule has 30 heavy (non-hydrogen) atoms. The molecule has 1 aromatic heterocycles. The third kappa shape index (κ3) is 3.45. The van der Waals surface area contributed by atoms with Gasteiger partial charge in [0.2, 0.25) is 0 Å². The summed E-state index contributed by atoms with van der Waals surface area (Å²) in [6, 6.07) is 10.1. The van der Waals surface area contributed by atoms with E-state index in [1.165, 1.54) is 0 Å². The summed E-state index contributed by atoms with van der Waals surface area (Å²) in [5.41, 5.74) is 10.4. The number of carbonyl (C=O) groups excluding carboxylic acids is 1. The second-order valence-corrected chi connectivity index (χ2v) is 9.99. The van der Waals surface area contributed by atoms with E-state index in [9.17, 15) is 10.1 Å². The van der Waals surface area contributed by atoms with Crippen LogP contribution >= 0.6 is 34.7 Å². The predicted octanol–water partition coefficient (Wildman–Crippen LogP) is 6.13. The van der Waals surface area contributed by atoms with Crippen molar-refractivity contribution in [3.05, 3.63) is 67.8 Å². The van der Waals surface area contributed by atoms with E-state index >= 15 is 0 Å². The number of thioether (sulfide) groups is 1. The van der Waals surface area contributed by atoms with Crippen molar-refractivity contribution < 1.29 is 4.79 Å². The number of hydrogen-bond donors (Lipinski definition) is 1. The zero-order chi connectivity index (χ0) is 21.4. The van der Waals surface area contributed by atoms with Crippen molar-refractivity contribution in [1.29, 1.82) is 5.26 Å². The van der Waals surface area contributed by atoms with Crippen molar-refractivity contribution in [3.63, 3.8) is 0 Å². The molecule has 0 bridgehead atoms. The number of ketones is 1. The number of rotatable bonds is 4. The van der Waals surface area contributed by atoms with Crippen molar-refractivity contribution in [2.24, 2.45) is 5.73 Å². The first-order valence-electron chi connectivity index (χ1n) is 9.90. The molecule has 2 heterocycles. The maximum absolute atomic E-state index is 13.2. The van der Waals surface area contributed by atoms with Crippen molar-refractivity contribution in [3.8, 4) is 6.07 Å². The van der Waals surface area contributed by atoms with Crippen molar-refractivity contribution in [2.75, 3.05) is 10.7 Å². The fourth-order valence-electron chi connectivity index (χ4n) is 4.16. The number of nitriles is 1. The van der Waals surface area contributed by atoms with Crippen LogP contribution in [0.2, 0.25) is 5.02 Å². The lowest BCUT2D eigenvalue weighted by Gasteiger charge is -2.39. The number of thiophene rings is 1. The van der Waals surface area contributed by atoms with Crippen molar-refractivity contribution in [2.45, 2.75) is 43.9 Å². The van der Waals surface area contributed by atoms with Crippen LogP contribution in [0.3, 0.4) is 0 Å². The Labute approximate surface area is 190 Å². The number of anilines is 1. The highest BCUT2D eigenvalue weighted by atomic mass is 35.5. The molecule has 4 rings (SSSR count). The van der Waals surface area contributed by atoms with E-state index in [1.807, 2.05) is 35.4 Å². The molecule has 0 saturated carbocycles. The van der Waals surface area contributed by atoms with Gasteiger partial charge in [-0.2, -0.15) is 5.26 Å². The zero-order valence-electron chi connectivity index (χ0n) is 16.9. The van der Waals surface area contributed by atoms with Crippen LogP contribution in [-0.4, -0.2) is 11.5 Å². The average molecular weight is 456 g/mol. The van der Waals surface area contributed by atoms with E-state index in [-0.39, 0.29) is 5.78 Å². The van der Waals surface area contributed by atoms with E-state index in [0.29, 0.717) is 28.4 Å². The van der Waals surface area contributed by atoms with Crippen molar-refractivity contribution >= 4 is 46.2 Å². The number of allylic oxidation sites excluding steroid dienone is 3. The molecule has 0 fully saturated rings. The minimum atomic E-state index is -0.399. The zero-order valence-corrected chi connectivity index (χ0v) is 19.3. The summed E-state index contributed by atoms with van der Waals surface area (Å²) < 4.78 is 0. The third-order valence-electron chi connectivity index (χ3n) is 5.55. The van der Waals surface area contributed by atoms with Crippen molar-refractivity contribution in [1.82, 2.24) is 0 Å². The Hall–Kier alpha value is -2.20. The molecule has 0 amide bonds. The number of nitrogens with zero attached hydrogens (tertiary/aromatic N) is 2.